The van der Waals surface area contributed by atoms with Gasteiger partial charge in [0.25, 0.3) is 11.9 Å². The molecule has 1 aromatic carbocycles. The van der Waals surface area contributed by atoms with E-state index in [1.807, 2.05) is 49.6 Å². The molecule has 0 spiro atoms. The second kappa shape index (κ2) is 7.20. The highest BCUT2D eigenvalue weighted by molar-refractivity contribution is 7.15. The Balaban J connectivity index is 1.42. The highest BCUT2D eigenvalue weighted by Gasteiger charge is 2.18. The summed E-state index contributed by atoms with van der Waals surface area (Å²) in [6.07, 6.45) is 3.21. The number of aryl methyl sites for hydroxylation is 1. The van der Waals surface area contributed by atoms with Gasteiger partial charge in [-0.2, -0.15) is 10.1 Å². The van der Waals surface area contributed by atoms with E-state index in [4.69, 9.17) is 0 Å². The van der Waals surface area contributed by atoms with Crippen LogP contribution in [0.3, 0.4) is 0 Å². The van der Waals surface area contributed by atoms with Crippen molar-refractivity contribution in [2.45, 2.75) is 13.8 Å². The van der Waals surface area contributed by atoms with Gasteiger partial charge in [-0.05, 0) is 26.0 Å². The van der Waals surface area contributed by atoms with Crippen molar-refractivity contribution in [3.8, 4) is 17.1 Å². The number of fused-ring (bicyclic) bond motifs is 1. The minimum Gasteiger partial charge on any atom is -0.289 e. The molecule has 1 amide bonds. The number of thiazole rings is 1. The molecule has 0 bridgehead atoms. The van der Waals surface area contributed by atoms with Gasteiger partial charge < -0.3 is 0 Å². The van der Waals surface area contributed by atoms with Crippen LogP contribution in [0.25, 0.3) is 22.0 Å². The Bertz CT molecular complexity index is 1350. The number of carbonyl (C=O) groups excluding carboxylic acids is 1. The van der Waals surface area contributed by atoms with E-state index in [2.05, 4.69) is 37.6 Å². The van der Waals surface area contributed by atoms with E-state index < -0.39 is 0 Å². The van der Waals surface area contributed by atoms with E-state index in [9.17, 15) is 4.79 Å². The van der Waals surface area contributed by atoms with E-state index in [1.165, 1.54) is 23.1 Å². The third kappa shape index (κ3) is 3.15. The normalized spacial score (nSPS) is 11.1. The first-order chi connectivity index (χ1) is 14.6. The van der Waals surface area contributed by atoms with E-state index >= 15 is 0 Å². The summed E-state index contributed by atoms with van der Waals surface area (Å²) in [5.41, 5.74) is 4.30. The molecule has 0 saturated heterocycles. The number of nitrogens with one attached hydrogen (secondary N) is 1. The smallest absolute Gasteiger partial charge is 0.261 e. The standard InChI is InChI=1S/C21H17N7OS/c1-13-6-8-15(9-7-13)17-12-30-21-25-20(26-28(17)21)24-19(29)16-11-23-27(14(16)2)18-5-3-4-10-22-18/h3-12H,1-2H3,(H,24,26,29). The Hall–Kier alpha value is -3.85. The molecule has 8 nitrogen and oxygen atoms in total. The Morgan fingerprint density at radius 1 is 1.10 bits per heavy atom. The second-order valence-electron chi connectivity index (χ2n) is 6.81. The molecule has 5 rings (SSSR count). The number of aromatic nitrogens is 6. The average Bonchev–Trinajstić information content (AvgIpc) is 3.43. The molecule has 0 atom stereocenters. The van der Waals surface area contributed by atoms with E-state index in [1.54, 1.807) is 15.4 Å². The van der Waals surface area contributed by atoms with Crippen LogP contribution in [0.4, 0.5) is 5.95 Å². The van der Waals surface area contributed by atoms with Gasteiger partial charge in [-0.15, -0.1) is 16.4 Å². The lowest BCUT2D eigenvalue weighted by Crippen LogP contribution is -2.14. The van der Waals surface area contributed by atoms with Crippen molar-refractivity contribution in [1.29, 1.82) is 0 Å². The molecule has 0 radical (unpaired) electrons. The van der Waals surface area contributed by atoms with Gasteiger partial charge in [0, 0.05) is 17.1 Å². The maximum atomic E-state index is 12.8. The fourth-order valence-electron chi connectivity index (χ4n) is 3.17. The predicted molar refractivity (Wildman–Crippen MR) is 115 cm³/mol. The molecule has 0 fully saturated rings. The van der Waals surface area contributed by atoms with Crippen molar-refractivity contribution < 1.29 is 4.79 Å². The summed E-state index contributed by atoms with van der Waals surface area (Å²) in [5, 5.41) is 13.6. The summed E-state index contributed by atoms with van der Waals surface area (Å²) in [7, 11) is 0. The Labute approximate surface area is 175 Å². The van der Waals surface area contributed by atoms with Crippen LogP contribution in [0.15, 0.2) is 60.2 Å². The molecule has 4 heterocycles. The lowest BCUT2D eigenvalue weighted by Gasteiger charge is -2.04. The molecular weight excluding hydrogens is 398 g/mol. The quantitative estimate of drug-likeness (QED) is 0.481. The average molecular weight is 415 g/mol. The van der Waals surface area contributed by atoms with Crippen molar-refractivity contribution in [2.24, 2.45) is 0 Å². The molecular formula is C21H17N7OS. The largest absolute Gasteiger partial charge is 0.289 e. The minimum atomic E-state index is -0.315. The molecule has 1 N–H and O–H groups in total. The minimum absolute atomic E-state index is 0.255. The molecule has 0 aliphatic rings. The van der Waals surface area contributed by atoms with Crippen LogP contribution in [0, 0.1) is 13.8 Å². The number of anilines is 1. The summed E-state index contributed by atoms with van der Waals surface area (Å²) in [4.78, 5) is 22.2. The molecule has 9 heteroatoms. The maximum Gasteiger partial charge on any atom is 0.261 e. The highest BCUT2D eigenvalue weighted by Crippen LogP contribution is 2.26. The van der Waals surface area contributed by atoms with Gasteiger partial charge >= 0.3 is 0 Å². The number of amides is 1. The Morgan fingerprint density at radius 3 is 2.70 bits per heavy atom. The van der Waals surface area contributed by atoms with Crippen LogP contribution in [0.1, 0.15) is 21.6 Å². The summed E-state index contributed by atoms with van der Waals surface area (Å²) in [5.74, 6) is 0.590. The molecule has 5 aromatic rings. The number of benzene rings is 1. The number of carbonyl (C=O) groups is 1. The van der Waals surface area contributed by atoms with Crippen LogP contribution in [-0.2, 0) is 0 Å². The first kappa shape index (κ1) is 18.2. The molecule has 148 valence electrons. The molecule has 0 aliphatic heterocycles. The van der Waals surface area contributed by atoms with E-state index in [-0.39, 0.29) is 11.9 Å². The summed E-state index contributed by atoms with van der Waals surface area (Å²) in [6, 6.07) is 13.7. The number of hydrogen-bond acceptors (Lipinski definition) is 6. The van der Waals surface area contributed by atoms with Gasteiger partial charge in [-0.1, -0.05) is 35.9 Å². The molecule has 30 heavy (non-hydrogen) atoms. The topological polar surface area (TPSA) is 90.0 Å². The molecule has 0 aliphatic carbocycles. The van der Waals surface area contributed by atoms with Gasteiger partial charge in [0.05, 0.1) is 23.1 Å². The van der Waals surface area contributed by atoms with Gasteiger partial charge in [0.15, 0.2) is 5.82 Å². The fourth-order valence-corrected chi connectivity index (χ4v) is 4.00. The Kier molecular flexibility index (Phi) is 4.36. The van der Waals surface area contributed by atoms with Crippen LogP contribution in [0.5, 0.6) is 0 Å². The summed E-state index contributed by atoms with van der Waals surface area (Å²) in [6.45, 7) is 3.87. The lowest BCUT2D eigenvalue weighted by atomic mass is 10.1. The van der Waals surface area contributed by atoms with Gasteiger partial charge in [0.1, 0.15) is 0 Å². The third-order valence-electron chi connectivity index (χ3n) is 4.77. The van der Waals surface area contributed by atoms with Crippen LogP contribution >= 0.6 is 11.3 Å². The van der Waals surface area contributed by atoms with Crippen LogP contribution in [0.2, 0.25) is 0 Å². The maximum absolute atomic E-state index is 12.8. The second-order valence-corrected chi connectivity index (χ2v) is 7.65. The van der Waals surface area contributed by atoms with Crippen molar-refractivity contribution in [3.63, 3.8) is 0 Å². The van der Waals surface area contributed by atoms with Crippen LogP contribution in [-0.4, -0.2) is 35.3 Å². The molecule has 0 saturated carbocycles. The number of pyridine rings is 1. The summed E-state index contributed by atoms with van der Waals surface area (Å²) >= 11 is 1.47. The molecule has 4 aromatic heterocycles. The van der Waals surface area contributed by atoms with E-state index in [0.29, 0.717) is 22.0 Å². The summed E-state index contributed by atoms with van der Waals surface area (Å²) < 4.78 is 3.37. The van der Waals surface area contributed by atoms with Crippen molar-refractivity contribution in [3.05, 3.63) is 77.1 Å². The monoisotopic (exact) mass is 415 g/mol. The van der Waals surface area contributed by atoms with Crippen molar-refractivity contribution in [2.75, 3.05) is 5.32 Å². The zero-order chi connectivity index (χ0) is 20.7. The fraction of sp³-hybridized carbons (Fsp3) is 0.0952. The van der Waals surface area contributed by atoms with Crippen molar-refractivity contribution >= 4 is 28.2 Å². The number of rotatable bonds is 4. The van der Waals surface area contributed by atoms with Gasteiger partial charge in [-0.25, -0.2) is 14.2 Å². The van der Waals surface area contributed by atoms with Gasteiger partial charge in [0.2, 0.25) is 4.96 Å². The highest BCUT2D eigenvalue weighted by atomic mass is 32.1. The number of hydrogen-bond donors (Lipinski definition) is 1. The zero-order valence-corrected chi connectivity index (χ0v) is 17.1. The first-order valence-corrected chi connectivity index (χ1v) is 10.2. The zero-order valence-electron chi connectivity index (χ0n) is 16.3. The van der Waals surface area contributed by atoms with Crippen LogP contribution < -0.4 is 5.32 Å². The first-order valence-electron chi connectivity index (χ1n) is 9.29. The van der Waals surface area contributed by atoms with Crippen molar-refractivity contribution in [1.82, 2.24) is 29.4 Å². The van der Waals surface area contributed by atoms with E-state index in [0.717, 1.165) is 11.3 Å². The number of nitrogens with zero attached hydrogens (tertiary/aromatic N) is 6. The molecule has 0 unspecified atom stereocenters. The predicted octanol–water partition coefficient (Wildman–Crippen LogP) is 3.91. The SMILES string of the molecule is Cc1ccc(-c2csc3nc(NC(=O)c4cnn(-c5ccccn5)c4C)nn23)cc1. The lowest BCUT2D eigenvalue weighted by molar-refractivity contribution is 0.102. The Morgan fingerprint density at radius 2 is 1.93 bits per heavy atom. The third-order valence-corrected chi connectivity index (χ3v) is 5.59. The van der Waals surface area contributed by atoms with Gasteiger partial charge in [-0.3, -0.25) is 10.1 Å².